The molecule has 74 valence electrons. The third-order valence-corrected chi connectivity index (χ3v) is 2.44. The van der Waals surface area contributed by atoms with Gasteiger partial charge < -0.3 is 10.3 Å². The van der Waals surface area contributed by atoms with Gasteiger partial charge in [-0.1, -0.05) is 32.9 Å². The summed E-state index contributed by atoms with van der Waals surface area (Å²) in [6.07, 6.45) is 1.06. The van der Waals surface area contributed by atoms with Gasteiger partial charge in [-0.15, -0.1) is 0 Å². The normalized spacial score (nSPS) is 13.6. The Labute approximate surface area is 79.3 Å². The Bertz CT molecular complexity index is 278. The van der Waals surface area contributed by atoms with Crippen LogP contribution in [0.4, 0.5) is 5.88 Å². The van der Waals surface area contributed by atoms with Crippen molar-refractivity contribution in [3.8, 4) is 0 Å². The van der Waals surface area contributed by atoms with E-state index in [0.29, 0.717) is 17.7 Å². The molecule has 1 heterocycles. The lowest BCUT2D eigenvalue weighted by Gasteiger charge is -2.09. The van der Waals surface area contributed by atoms with E-state index >= 15 is 0 Å². The first kappa shape index (κ1) is 10.1. The first-order chi connectivity index (χ1) is 6.07. The van der Waals surface area contributed by atoms with E-state index in [4.69, 9.17) is 10.3 Å². The highest BCUT2D eigenvalue weighted by Crippen LogP contribution is 2.31. The Morgan fingerprint density at radius 2 is 2.00 bits per heavy atom. The molecule has 0 fully saturated rings. The number of nitrogens with zero attached hydrogens (tertiary/aromatic N) is 1. The maximum atomic E-state index is 5.71. The van der Waals surface area contributed by atoms with Crippen LogP contribution in [0.3, 0.4) is 0 Å². The van der Waals surface area contributed by atoms with Crippen molar-refractivity contribution in [3.05, 3.63) is 11.3 Å². The molecule has 3 heteroatoms. The average molecular weight is 182 g/mol. The third-order valence-electron chi connectivity index (χ3n) is 2.44. The van der Waals surface area contributed by atoms with Crippen LogP contribution in [0.15, 0.2) is 4.52 Å². The Kier molecular flexibility index (Phi) is 2.96. The van der Waals surface area contributed by atoms with Gasteiger partial charge in [-0.3, -0.25) is 0 Å². The molecule has 0 aliphatic carbocycles. The van der Waals surface area contributed by atoms with Crippen molar-refractivity contribution in [1.82, 2.24) is 5.16 Å². The number of rotatable bonds is 3. The van der Waals surface area contributed by atoms with Crippen LogP contribution in [0.5, 0.6) is 0 Å². The zero-order valence-corrected chi connectivity index (χ0v) is 8.79. The summed E-state index contributed by atoms with van der Waals surface area (Å²) in [5.74, 6) is 1.29. The third kappa shape index (κ3) is 1.85. The minimum Gasteiger partial charge on any atom is -0.367 e. The van der Waals surface area contributed by atoms with Crippen molar-refractivity contribution in [2.75, 3.05) is 5.73 Å². The predicted molar refractivity (Wildman–Crippen MR) is 53.7 cm³/mol. The zero-order chi connectivity index (χ0) is 10.0. The van der Waals surface area contributed by atoms with Crippen LogP contribution >= 0.6 is 0 Å². The van der Waals surface area contributed by atoms with Crippen molar-refractivity contribution in [3.63, 3.8) is 0 Å². The van der Waals surface area contributed by atoms with Crippen molar-refractivity contribution >= 4 is 5.88 Å². The molecule has 1 aromatic heterocycles. The first-order valence-electron chi connectivity index (χ1n) is 4.82. The molecule has 0 saturated heterocycles. The molecule has 0 bridgehead atoms. The highest BCUT2D eigenvalue weighted by Gasteiger charge is 2.20. The fraction of sp³-hybridized carbons (Fsp3) is 0.700. The number of nitrogen functional groups attached to an aromatic ring is 1. The maximum absolute atomic E-state index is 5.71. The van der Waals surface area contributed by atoms with E-state index < -0.39 is 0 Å². The Balaban J connectivity index is 3.07. The molecule has 1 rings (SSSR count). The second-order valence-corrected chi connectivity index (χ2v) is 3.81. The van der Waals surface area contributed by atoms with Crippen LogP contribution < -0.4 is 5.73 Å². The molecule has 1 aromatic rings. The summed E-state index contributed by atoms with van der Waals surface area (Å²) in [6.45, 7) is 8.49. The van der Waals surface area contributed by atoms with E-state index in [1.165, 1.54) is 0 Å². The highest BCUT2D eigenvalue weighted by atomic mass is 16.5. The Hall–Kier alpha value is -0.990. The fourth-order valence-electron chi connectivity index (χ4n) is 1.45. The summed E-state index contributed by atoms with van der Waals surface area (Å²) in [6, 6.07) is 0. The van der Waals surface area contributed by atoms with E-state index in [1.807, 2.05) is 0 Å². The molecule has 1 atom stereocenters. The van der Waals surface area contributed by atoms with Crippen LogP contribution in [0.2, 0.25) is 0 Å². The van der Waals surface area contributed by atoms with Gasteiger partial charge in [0.25, 0.3) is 0 Å². The van der Waals surface area contributed by atoms with E-state index in [1.54, 1.807) is 0 Å². The fourth-order valence-corrected chi connectivity index (χ4v) is 1.45. The Morgan fingerprint density at radius 3 is 2.46 bits per heavy atom. The quantitative estimate of drug-likeness (QED) is 0.782. The van der Waals surface area contributed by atoms with Crippen LogP contribution in [0.25, 0.3) is 0 Å². The van der Waals surface area contributed by atoms with Crippen LogP contribution in [0.1, 0.15) is 57.2 Å². The standard InChI is InChI=1S/C10H18N2O/c1-5-7(4)9-8(6(2)3)10(11)13-12-9/h6-7H,5,11H2,1-4H3. The van der Waals surface area contributed by atoms with Crippen molar-refractivity contribution < 1.29 is 4.52 Å². The molecule has 3 nitrogen and oxygen atoms in total. The number of hydrogen-bond acceptors (Lipinski definition) is 3. The summed E-state index contributed by atoms with van der Waals surface area (Å²) in [7, 11) is 0. The van der Waals surface area contributed by atoms with Gasteiger partial charge in [0.15, 0.2) is 0 Å². The summed E-state index contributed by atoms with van der Waals surface area (Å²) in [5, 5.41) is 4.01. The van der Waals surface area contributed by atoms with Gasteiger partial charge in [-0.05, 0) is 12.3 Å². The van der Waals surface area contributed by atoms with Crippen LogP contribution in [-0.2, 0) is 0 Å². The number of aromatic nitrogens is 1. The zero-order valence-electron chi connectivity index (χ0n) is 8.79. The van der Waals surface area contributed by atoms with Gasteiger partial charge >= 0.3 is 0 Å². The van der Waals surface area contributed by atoms with Gasteiger partial charge in [0.1, 0.15) is 0 Å². The van der Waals surface area contributed by atoms with Gasteiger partial charge in [-0.25, -0.2) is 0 Å². The monoisotopic (exact) mass is 182 g/mol. The van der Waals surface area contributed by atoms with E-state index in [2.05, 4.69) is 32.9 Å². The summed E-state index contributed by atoms with van der Waals surface area (Å²) in [5.41, 5.74) is 7.81. The first-order valence-corrected chi connectivity index (χ1v) is 4.82. The number of hydrogen-bond donors (Lipinski definition) is 1. The second kappa shape index (κ2) is 3.81. The topological polar surface area (TPSA) is 52.0 Å². The average Bonchev–Trinajstić information content (AvgIpc) is 2.45. The highest BCUT2D eigenvalue weighted by molar-refractivity contribution is 5.42. The molecule has 0 spiro atoms. The van der Waals surface area contributed by atoms with Gasteiger partial charge in [0.2, 0.25) is 5.88 Å². The van der Waals surface area contributed by atoms with E-state index in [9.17, 15) is 0 Å². The lowest BCUT2D eigenvalue weighted by molar-refractivity contribution is 0.420. The molecule has 0 aromatic carbocycles. The predicted octanol–water partition coefficient (Wildman–Crippen LogP) is 2.89. The molecule has 0 saturated carbocycles. The van der Waals surface area contributed by atoms with Crippen LogP contribution in [0, 0.1) is 0 Å². The summed E-state index contributed by atoms with van der Waals surface area (Å²) < 4.78 is 5.01. The molecule has 0 aliphatic rings. The van der Waals surface area contributed by atoms with E-state index in [-0.39, 0.29) is 0 Å². The minimum absolute atomic E-state index is 0.384. The minimum atomic E-state index is 0.384. The molecule has 0 radical (unpaired) electrons. The van der Waals surface area contributed by atoms with Gasteiger partial charge in [0, 0.05) is 11.5 Å². The smallest absolute Gasteiger partial charge is 0.225 e. The summed E-state index contributed by atoms with van der Waals surface area (Å²) >= 11 is 0. The molecule has 1 unspecified atom stereocenters. The van der Waals surface area contributed by atoms with Gasteiger partial charge in [0.05, 0.1) is 5.69 Å². The molecule has 2 N–H and O–H groups in total. The Morgan fingerprint density at radius 1 is 1.38 bits per heavy atom. The van der Waals surface area contributed by atoms with Gasteiger partial charge in [-0.2, -0.15) is 0 Å². The molecule has 0 aliphatic heterocycles. The lowest BCUT2D eigenvalue weighted by Crippen LogP contribution is -2.00. The largest absolute Gasteiger partial charge is 0.367 e. The number of nitrogens with two attached hydrogens (primary N) is 1. The van der Waals surface area contributed by atoms with Crippen molar-refractivity contribution in [2.24, 2.45) is 0 Å². The lowest BCUT2D eigenvalue weighted by atomic mass is 9.95. The number of anilines is 1. The molecular formula is C10H18N2O. The van der Waals surface area contributed by atoms with Crippen molar-refractivity contribution in [2.45, 2.75) is 46.0 Å². The molecular weight excluding hydrogens is 164 g/mol. The second-order valence-electron chi connectivity index (χ2n) is 3.81. The summed E-state index contributed by atoms with van der Waals surface area (Å²) in [4.78, 5) is 0. The maximum Gasteiger partial charge on any atom is 0.225 e. The van der Waals surface area contributed by atoms with Crippen LogP contribution in [-0.4, -0.2) is 5.16 Å². The SMILES string of the molecule is CCC(C)c1noc(N)c1C(C)C. The van der Waals surface area contributed by atoms with E-state index in [0.717, 1.165) is 17.7 Å². The molecule has 13 heavy (non-hydrogen) atoms. The molecule has 0 amide bonds. The van der Waals surface area contributed by atoms with Crippen molar-refractivity contribution in [1.29, 1.82) is 0 Å².